The first-order chi connectivity index (χ1) is 8.99. The van der Waals surface area contributed by atoms with E-state index in [-0.39, 0.29) is 6.61 Å². The number of nitrogens with zero attached hydrogens (tertiary/aromatic N) is 2. The minimum atomic E-state index is -0.900. The molecule has 7 heteroatoms. The van der Waals surface area contributed by atoms with Crippen LogP contribution in [0.25, 0.3) is 0 Å². The Labute approximate surface area is 115 Å². The van der Waals surface area contributed by atoms with Crippen LogP contribution >= 0.6 is 11.8 Å². The zero-order valence-corrected chi connectivity index (χ0v) is 11.9. The molecule has 0 aromatic carbocycles. The molecule has 1 rings (SSSR count). The molecule has 0 saturated carbocycles. The van der Waals surface area contributed by atoms with Crippen LogP contribution in [0, 0.1) is 6.92 Å². The van der Waals surface area contributed by atoms with Gasteiger partial charge in [-0.1, -0.05) is 18.7 Å². The Bertz CT molecular complexity index is 479. The Morgan fingerprint density at radius 3 is 2.63 bits per heavy atom. The summed E-state index contributed by atoms with van der Waals surface area (Å²) in [6.45, 7) is 5.45. The Hall–Kier alpha value is -1.63. The topological polar surface area (TPSA) is 89.4 Å². The van der Waals surface area contributed by atoms with Crippen LogP contribution in [0.3, 0.4) is 0 Å². The van der Waals surface area contributed by atoms with Crippen molar-refractivity contribution in [1.82, 2.24) is 9.97 Å². The molecule has 6 nitrogen and oxygen atoms in total. The molecule has 1 aromatic heterocycles. The number of carbonyl (C=O) groups is 2. The molecule has 0 aliphatic carbocycles. The number of hydrogen-bond donors (Lipinski definition) is 1. The van der Waals surface area contributed by atoms with Crippen molar-refractivity contribution in [1.29, 1.82) is 0 Å². The zero-order valence-electron chi connectivity index (χ0n) is 11.0. The summed E-state index contributed by atoms with van der Waals surface area (Å²) in [5.74, 6) is -1.37. The quantitative estimate of drug-likeness (QED) is 0.485. The number of carboxylic acid groups (broad SMARTS) is 1. The van der Waals surface area contributed by atoms with Gasteiger partial charge in [-0.05, 0) is 20.3 Å². The predicted octanol–water partition coefficient (Wildman–Crippen LogP) is 1.92. The number of hydrogen-bond acceptors (Lipinski definition) is 6. The van der Waals surface area contributed by atoms with E-state index in [4.69, 9.17) is 9.84 Å². The fourth-order valence-corrected chi connectivity index (χ4v) is 2.17. The highest BCUT2D eigenvalue weighted by molar-refractivity contribution is 8.00. The summed E-state index contributed by atoms with van der Waals surface area (Å²) in [5, 5.41) is 8.72. The lowest BCUT2D eigenvalue weighted by molar-refractivity contribution is -0.136. The molecular formula is C12H16N2O4S. The summed E-state index contributed by atoms with van der Waals surface area (Å²) in [4.78, 5) is 30.6. The first-order valence-electron chi connectivity index (χ1n) is 5.89. The number of ether oxygens (including phenoxy) is 1. The van der Waals surface area contributed by atoms with Gasteiger partial charge in [0.05, 0.1) is 17.9 Å². The van der Waals surface area contributed by atoms with Gasteiger partial charge in [-0.15, -0.1) is 0 Å². The van der Waals surface area contributed by atoms with Gasteiger partial charge in [-0.25, -0.2) is 14.8 Å². The maximum Gasteiger partial charge on any atom is 0.341 e. The summed E-state index contributed by atoms with van der Waals surface area (Å²) in [7, 11) is 0. The molecule has 0 amide bonds. The Morgan fingerprint density at radius 1 is 1.47 bits per heavy atom. The molecule has 1 aromatic rings. The van der Waals surface area contributed by atoms with E-state index in [9.17, 15) is 9.59 Å². The Morgan fingerprint density at radius 2 is 2.16 bits per heavy atom. The van der Waals surface area contributed by atoms with E-state index in [2.05, 4.69) is 9.97 Å². The molecule has 0 saturated heterocycles. The smallest absolute Gasteiger partial charge is 0.341 e. The van der Waals surface area contributed by atoms with Gasteiger partial charge in [-0.2, -0.15) is 0 Å². The first-order valence-corrected chi connectivity index (χ1v) is 6.77. The summed E-state index contributed by atoms with van der Waals surface area (Å²) in [6, 6.07) is 0. The number of rotatable bonds is 6. The second-order valence-corrected chi connectivity index (χ2v) is 4.89. The lowest BCUT2D eigenvalue weighted by Gasteiger charge is -2.09. The third-order valence-electron chi connectivity index (χ3n) is 2.35. The van der Waals surface area contributed by atoms with E-state index in [0.29, 0.717) is 22.8 Å². The van der Waals surface area contributed by atoms with Crippen molar-refractivity contribution in [3.8, 4) is 0 Å². The maximum atomic E-state index is 11.6. The van der Waals surface area contributed by atoms with Gasteiger partial charge >= 0.3 is 11.9 Å². The van der Waals surface area contributed by atoms with E-state index in [1.165, 1.54) is 6.20 Å². The standard InChI is InChI=1S/C12H16N2O4S/c1-4-9(10(15)16)19-12-13-6-8(7(3)14-12)11(17)18-5-2/h6,9H,4-5H2,1-3H3,(H,15,16). The molecule has 1 heterocycles. The van der Waals surface area contributed by atoms with Crippen LogP contribution in [0.15, 0.2) is 11.4 Å². The molecule has 19 heavy (non-hydrogen) atoms. The predicted molar refractivity (Wildman–Crippen MR) is 70.3 cm³/mol. The number of aliphatic carboxylic acids is 1. The molecule has 0 spiro atoms. The third kappa shape index (κ3) is 4.20. The van der Waals surface area contributed by atoms with Crippen molar-refractivity contribution in [2.24, 2.45) is 0 Å². The zero-order chi connectivity index (χ0) is 14.4. The van der Waals surface area contributed by atoms with Crippen molar-refractivity contribution < 1.29 is 19.4 Å². The highest BCUT2D eigenvalue weighted by atomic mass is 32.2. The van der Waals surface area contributed by atoms with Gasteiger partial charge in [0.15, 0.2) is 5.16 Å². The molecule has 1 atom stereocenters. The minimum absolute atomic E-state index is 0.283. The highest BCUT2D eigenvalue weighted by Crippen LogP contribution is 2.23. The molecule has 0 radical (unpaired) electrons. The number of carboxylic acids is 1. The fourth-order valence-electron chi connectivity index (χ4n) is 1.35. The second-order valence-electron chi connectivity index (χ2n) is 3.73. The van der Waals surface area contributed by atoms with Gasteiger partial charge in [0.2, 0.25) is 0 Å². The molecular weight excluding hydrogens is 268 g/mol. The number of thioether (sulfide) groups is 1. The average molecular weight is 284 g/mol. The molecule has 1 unspecified atom stereocenters. The van der Waals surface area contributed by atoms with Gasteiger partial charge in [0.25, 0.3) is 0 Å². The van der Waals surface area contributed by atoms with Crippen LogP contribution in [0.4, 0.5) is 0 Å². The van der Waals surface area contributed by atoms with Crippen molar-refractivity contribution >= 4 is 23.7 Å². The van der Waals surface area contributed by atoms with Gasteiger partial charge in [-0.3, -0.25) is 4.79 Å². The van der Waals surface area contributed by atoms with E-state index in [1.54, 1.807) is 20.8 Å². The van der Waals surface area contributed by atoms with Gasteiger partial charge < -0.3 is 9.84 Å². The van der Waals surface area contributed by atoms with Crippen molar-refractivity contribution in [2.75, 3.05) is 6.61 Å². The molecule has 0 bridgehead atoms. The Balaban J connectivity index is 2.87. The lowest BCUT2D eigenvalue weighted by Crippen LogP contribution is -2.16. The van der Waals surface area contributed by atoms with Crippen LogP contribution in [0.5, 0.6) is 0 Å². The van der Waals surface area contributed by atoms with Crippen LogP contribution in [0.2, 0.25) is 0 Å². The van der Waals surface area contributed by atoms with E-state index in [0.717, 1.165) is 11.8 Å². The fraction of sp³-hybridized carbons (Fsp3) is 0.500. The first kappa shape index (κ1) is 15.4. The van der Waals surface area contributed by atoms with Crippen LogP contribution in [0.1, 0.15) is 36.3 Å². The van der Waals surface area contributed by atoms with E-state index < -0.39 is 17.2 Å². The largest absolute Gasteiger partial charge is 0.480 e. The normalized spacial score (nSPS) is 11.9. The monoisotopic (exact) mass is 284 g/mol. The highest BCUT2D eigenvalue weighted by Gasteiger charge is 2.19. The third-order valence-corrected chi connectivity index (χ3v) is 3.57. The van der Waals surface area contributed by atoms with Crippen molar-refractivity contribution in [3.63, 3.8) is 0 Å². The van der Waals surface area contributed by atoms with E-state index >= 15 is 0 Å². The molecule has 0 aliphatic rings. The average Bonchev–Trinajstić information content (AvgIpc) is 2.35. The summed E-state index contributed by atoms with van der Waals surface area (Å²) >= 11 is 1.07. The molecule has 104 valence electrons. The van der Waals surface area contributed by atoms with Crippen molar-refractivity contribution in [2.45, 2.75) is 37.6 Å². The minimum Gasteiger partial charge on any atom is -0.480 e. The number of carbonyl (C=O) groups excluding carboxylic acids is 1. The molecule has 1 N–H and O–H groups in total. The Kier molecular flexibility index (Phi) is 5.75. The van der Waals surface area contributed by atoms with Crippen molar-refractivity contribution in [3.05, 3.63) is 17.5 Å². The van der Waals surface area contributed by atoms with Crippen LogP contribution in [-0.4, -0.2) is 38.9 Å². The number of aromatic nitrogens is 2. The van der Waals surface area contributed by atoms with E-state index in [1.807, 2.05) is 0 Å². The molecule has 0 fully saturated rings. The number of aryl methyl sites for hydroxylation is 1. The maximum absolute atomic E-state index is 11.6. The van der Waals surface area contributed by atoms with Gasteiger partial charge in [0.1, 0.15) is 5.25 Å². The molecule has 0 aliphatic heterocycles. The lowest BCUT2D eigenvalue weighted by atomic mass is 10.2. The van der Waals surface area contributed by atoms with Crippen LogP contribution < -0.4 is 0 Å². The number of esters is 1. The van der Waals surface area contributed by atoms with Crippen LogP contribution in [-0.2, 0) is 9.53 Å². The van der Waals surface area contributed by atoms with Gasteiger partial charge in [0, 0.05) is 6.20 Å². The summed E-state index contributed by atoms with van der Waals surface area (Å²) in [5.41, 5.74) is 0.783. The second kappa shape index (κ2) is 7.08. The summed E-state index contributed by atoms with van der Waals surface area (Å²) in [6.07, 6.45) is 1.85. The summed E-state index contributed by atoms with van der Waals surface area (Å²) < 4.78 is 4.87. The SMILES string of the molecule is CCOC(=O)c1cnc(SC(CC)C(=O)O)nc1C.